The van der Waals surface area contributed by atoms with Crippen LogP contribution in [0.4, 0.5) is 0 Å². The van der Waals surface area contributed by atoms with Crippen LogP contribution in [0.2, 0.25) is 0 Å². The highest BCUT2D eigenvalue weighted by atomic mass is 16.5. The highest BCUT2D eigenvalue weighted by Gasteiger charge is 2.34. The molecule has 2 nitrogen and oxygen atoms in total. The van der Waals surface area contributed by atoms with Gasteiger partial charge in [0.2, 0.25) is 0 Å². The second kappa shape index (κ2) is 9.08. The Kier molecular flexibility index (Phi) is 6.23. The van der Waals surface area contributed by atoms with Crippen molar-refractivity contribution in [3.8, 4) is 33.8 Å². The SMILES string of the molecule is COc1c(-c2ccccc2)cc(-c2ccccc2)c(OC)c1C1=CC=CC[C@H]1C(C)(C)C. The summed E-state index contributed by atoms with van der Waals surface area (Å²) in [7, 11) is 3.52. The van der Waals surface area contributed by atoms with Gasteiger partial charge in [0.15, 0.2) is 0 Å². The van der Waals surface area contributed by atoms with E-state index in [4.69, 9.17) is 9.47 Å². The predicted molar refractivity (Wildman–Crippen MR) is 135 cm³/mol. The van der Waals surface area contributed by atoms with Crippen LogP contribution in [0.25, 0.3) is 27.8 Å². The van der Waals surface area contributed by atoms with Crippen molar-refractivity contribution >= 4 is 5.57 Å². The molecular formula is C30H32O2. The molecule has 0 bridgehead atoms. The minimum Gasteiger partial charge on any atom is -0.495 e. The summed E-state index contributed by atoms with van der Waals surface area (Å²) in [5.41, 5.74) is 6.83. The number of methoxy groups -OCH3 is 2. The summed E-state index contributed by atoms with van der Waals surface area (Å²) in [5, 5.41) is 0. The first-order valence-electron chi connectivity index (χ1n) is 11.2. The van der Waals surface area contributed by atoms with Gasteiger partial charge in [0, 0.05) is 11.1 Å². The monoisotopic (exact) mass is 424 g/mol. The second-order valence-corrected chi connectivity index (χ2v) is 9.35. The van der Waals surface area contributed by atoms with Crippen LogP contribution >= 0.6 is 0 Å². The number of hydrogen-bond acceptors (Lipinski definition) is 2. The normalized spacial score (nSPS) is 15.9. The van der Waals surface area contributed by atoms with Crippen LogP contribution < -0.4 is 9.47 Å². The Labute approximate surface area is 192 Å². The predicted octanol–water partition coefficient (Wildman–Crippen LogP) is 8.04. The lowest BCUT2D eigenvalue weighted by molar-refractivity contribution is 0.301. The van der Waals surface area contributed by atoms with Gasteiger partial charge in [-0.25, -0.2) is 0 Å². The second-order valence-electron chi connectivity index (χ2n) is 9.35. The van der Waals surface area contributed by atoms with Gasteiger partial charge >= 0.3 is 0 Å². The number of allylic oxidation sites excluding steroid dienone is 4. The van der Waals surface area contributed by atoms with Crippen LogP contribution in [0.15, 0.2) is 85.0 Å². The summed E-state index contributed by atoms with van der Waals surface area (Å²) in [5.74, 6) is 2.08. The maximum Gasteiger partial charge on any atom is 0.137 e. The molecule has 1 aliphatic rings. The van der Waals surface area contributed by atoms with Gasteiger partial charge in [-0.2, -0.15) is 0 Å². The molecule has 0 saturated heterocycles. The fraction of sp³-hybridized carbons (Fsp3) is 0.267. The molecule has 1 aliphatic carbocycles. The van der Waals surface area contributed by atoms with E-state index in [1.54, 1.807) is 14.2 Å². The topological polar surface area (TPSA) is 18.5 Å². The summed E-state index contributed by atoms with van der Waals surface area (Å²) >= 11 is 0. The van der Waals surface area contributed by atoms with Crippen molar-refractivity contribution in [1.29, 1.82) is 0 Å². The average molecular weight is 425 g/mol. The number of benzene rings is 3. The van der Waals surface area contributed by atoms with Crippen LogP contribution in [-0.4, -0.2) is 14.2 Å². The largest absolute Gasteiger partial charge is 0.495 e. The van der Waals surface area contributed by atoms with Gasteiger partial charge in [-0.3, -0.25) is 0 Å². The Morgan fingerprint density at radius 1 is 0.750 bits per heavy atom. The van der Waals surface area contributed by atoms with Crippen molar-refractivity contribution in [2.24, 2.45) is 11.3 Å². The third kappa shape index (κ3) is 4.10. The lowest BCUT2D eigenvalue weighted by Crippen LogP contribution is -2.23. The molecule has 0 fully saturated rings. The van der Waals surface area contributed by atoms with E-state index in [1.807, 2.05) is 12.1 Å². The first-order chi connectivity index (χ1) is 15.5. The average Bonchev–Trinajstić information content (AvgIpc) is 2.83. The molecule has 3 aromatic carbocycles. The molecule has 0 heterocycles. The fourth-order valence-corrected chi connectivity index (χ4v) is 4.71. The molecule has 0 saturated carbocycles. The smallest absolute Gasteiger partial charge is 0.137 e. The summed E-state index contributed by atoms with van der Waals surface area (Å²) in [6.45, 7) is 6.92. The molecule has 0 radical (unpaired) electrons. The molecule has 32 heavy (non-hydrogen) atoms. The van der Waals surface area contributed by atoms with Crippen LogP contribution in [0, 0.1) is 11.3 Å². The van der Waals surface area contributed by atoms with Crippen LogP contribution in [0.1, 0.15) is 32.8 Å². The zero-order chi connectivity index (χ0) is 22.7. The van der Waals surface area contributed by atoms with Crippen molar-refractivity contribution < 1.29 is 9.47 Å². The van der Waals surface area contributed by atoms with Gasteiger partial charge in [-0.15, -0.1) is 0 Å². The van der Waals surface area contributed by atoms with Crippen molar-refractivity contribution in [2.45, 2.75) is 27.2 Å². The molecule has 0 unspecified atom stereocenters. The first-order valence-corrected chi connectivity index (χ1v) is 11.2. The van der Waals surface area contributed by atoms with Gasteiger partial charge < -0.3 is 9.47 Å². The molecule has 0 spiro atoms. The van der Waals surface area contributed by atoms with Gasteiger partial charge in [0.25, 0.3) is 0 Å². The van der Waals surface area contributed by atoms with E-state index in [2.05, 4.69) is 93.6 Å². The minimum absolute atomic E-state index is 0.0995. The van der Waals surface area contributed by atoms with E-state index in [0.717, 1.165) is 45.7 Å². The number of rotatable bonds is 5. The molecule has 2 heteroatoms. The molecule has 0 aromatic heterocycles. The molecule has 0 N–H and O–H groups in total. The van der Waals surface area contributed by atoms with E-state index in [1.165, 1.54) is 5.57 Å². The Bertz CT molecular complexity index is 1070. The number of hydrogen-bond donors (Lipinski definition) is 0. The van der Waals surface area contributed by atoms with Gasteiger partial charge in [0.1, 0.15) is 11.5 Å². The van der Waals surface area contributed by atoms with Gasteiger partial charge in [-0.05, 0) is 40.5 Å². The Hall–Kier alpha value is -3.26. The summed E-state index contributed by atoms with van der Waals surface area (Å²) in [4.78, 5) is 0. The minimum atomic E-state index is 0.0995. The maximum absolute atomic E-state index is 6.13. The Balaban J connectivity index is 2.10. The van der Waals surface area contributed by atoms with Gasteiger partial charge in [-0.1, -0.05) is 99.7 Å². The summed E-state index contributed by atoms with van der Waals surface area (Å²) in [6, 6.07) is 23.1. The molecule has 1 atom stereocenters. The standard InChI is InChI=1S/C30H32O2/c1-30(2,3)26-19-13-12-18-23(26)27-28(31-4)24(21-14-8-6-9-15-21)20-25(29(27)32-5)22-16-10-7-11-17-22/h6-18,20,26H,19H2,1-5H3/t26-/m1/s1. The van der Waals surface area contributed by atoms with Crippen molar-refractivity contribution in [2.75, 3.05) is 14.2 Å². The molecule has 0 amide bonds. The number of ether oxygens (including phenoxy) is 2. The summed E-state index contributed by atoms with van der Waals surface area (Å²) in [6.07, 6.45) is 7.66. The Morgan fingerprint density at radius 3 is 1.69 bits per heavy atom. The zero-order valence-corrected chi connectivity index (χ0v) is 19.7. The lowest BCUT2D eigenvalue weighted by Gasteiger charge is -2.35. The van der Waals surface area contributed by atoms with Crippen LogP contribution in [0.3, 0.4) is 0 Å². The van der Waals surface area contributed by atoms with Crippen molar-refractivity contribution in [3.05, 3.63) is 90.5 Å². The quantitative estimate of drug-likeness (QED) is 0.412. The van der Waals surface area contributed by atoms with E-state index >= 15 is 0 Å². The van der Waals surface area contributed by atoms with E-state index in [9.17, 15) is 0 Å². The van der Waals surface area contributed by atoms with Crippen molar-refractivity contribution in [1.82, 2.24) is 0 Å². The van der Waals surface area contributed by atoms with Crippen LogP contribution in [-0.2, 0) is 0 Å². The third-order valence-electron chi connectivity index (χ3n) is 6.30. The van der Waals surface area contributed by atoms with Gasteiger partial charge in [0.05, 0.1) is 19.8 Å². The zero-order valence-electron chi connectivity index (χ0n) is 19.7. The summed E-state index contributed by atoms with van der Waals surface area (Å²) < 4.78 is 12.3. The van der Waals surface area contributed by atoms with Crippen molar-refractivity contribution in [3.63, 3.8) is 0 Å². The molecule has 4 rings (SSSR count). The molecular weight excluding hydrogens is 392 g/mol. The molecule has 0 aliphatic heterocycles. The van der Waals surface area contributed by atoms with Crippen LogP contribution in [0.5, 0.6) is 11.5 Å². The lowest BCUT2D eigenvalue weighted by atomic mass is 9.70. The van der Waals surface area contributed by atoms with E-state index in [-0.39, 0.29) is 5.41 Å². The fourth-order valence-electron chi connectivity index (χ4n) is 4.71. The highest BCUT2D eigenvalue weighted by molar-refractivity contribution is 5.92. The van der Waals surface area contributed by atoms with E-state index < -0.39 is 0 Å². The molecule has 3 aromatic rings. The maximum atomic E-state index is 6.13. The van der Waals surface area contributed by atoms with E-state index in [0.29, 0.717) is 5.92 Å². The first kappa shape index (κ1) is 22.0. The third-order valence-corrected chi connectivity index (χ3v) is 6.30. The molecule has 164 valence electrons. The highest BCUT2D eigenvalue weighted by Crippen LogP contribution is 2.53. The Morgan fingerprint density at radius 2 is 1.25 bits per heavy atom.